The summed E-state index contributed by atoms with van der Waals surface area (Å²) in [4.78, 5) is 19.6. The SMILES string of the molecule is CN1CCN(C)C(CC(=O)N2CCc3nnc(-c4ccccc4)n3CC2)C1. The second-order valence-electron chi connectivity index (χ2n) is 7.69. The van der Waals surface area contributed by atoms with Gasteiger partial charge in [-0.2, -0.15) is 0 Å². The number of nitrogens with zero attached hydrogens (tertiary/aromatic N) is 6. The Bertz CT molecular complexity index is 789. The number of hydrogen-bond donors (Lipinski definition) is 0. The van der Waals surface area contributed by atoms with E-state index in [9.17, 15) is 4.79 Å². The van der Waals surface area contributed by atoms with E-state index in [1.54, 1.807) is 0 Å². The molecule has 2 aromatic rings. The third-order valence-corrected chi connectivity index (χ3v) is 5.80. The van der Waals surface area contributed by atoms with Gasteiger partial charge in [0.15, 0.2) is 5.82 Å². The summed E-state index contributed by atoms with van der Waals surface area (Å²) in [6, 6.07) is 10.4. The van der Waals surface area contributed by atoms with Crippen molar-refractivity contribution < 1.29 is 4.79 Å². The van der Waals surface area contributed by atoms with Gasteiger partial charge in [0.25, 0.3) is 0 Å². The Morgan fingerprint density at radius 2 is 1.85 bits per heavy atom. The molecule has 1 aromatic carbocycles. The Hall–Kier alpha value is -2.25. The minimum absolute atomic E-state index is 0.252. The van der Waals surface area contributed by atoms with E-state index in [1.165, 1.54) is 0 Å². The Kier molecular flexibility index (Phi) is 5.22. The molecule has 1 aromatic heterocycles. The molecule has 2 aliphatic rings. The molecule has 0 radical (unpaired) electrons. The zero-order chi connectivity index (χ0) is 18.8. The zero-order valence-electron chi connectivity index (χ0n) is 16.2. The van der Waals surface area contributed by atoms with Gasteiger partial charge in [0.1, 0.15) is 5.82 Å². The fourth-order valence-electron chi connectivity index (χ4n) is 4.03. The molecule has 1 amide bonds. The highest BCUT2D eigenvalue weighted by Crippen LogP contribution is 2.20. The number of carbonyl (C=O) groups is 1. The van der Waals surface area contributed by atoms with Gasteiger partial charge in [-0.1, -0.05) is 30.3 Å². The van der Waals surface area contributed by atoms with Crippen LogP contribution in [0.25, 0.3) is 11.4 Å². The third kappa shape index (κ3) is 3.89. The molecule has 0 aliphatic carbocycles. The molecule has 0 bridgehead atoms. The first-order valence-corrected chi connectivity index (χ1v) is 9.76. The molecule has 27 heavy (non-hydrogen) atoms. The number of hydrogen-bond acceptors (Lipinski definition) is 5. The fourth-order valence-corrected chi connectivity index (χ4v) is 4.03. The molecular weight excluding hydrogens is 340 g/mol. The van der Waals surface area contributed by atoms with Crippen LogP contribution in [-0.4, -0.2) is 88.2 Å². The zero-order valence-corrected chi connectivity index (χ0v) is 16.2. The van der Waals surface area contributed by atoms with Crippen LogP contribution in [0.5, 0.6) is 0 Å². The average molecular weight is 368 g/mol. The molecule has 2 aliphatic heterocycles. The summed E-state index contributed by atoms with van der Waals surface area (Å²) in [5.41, 5.74) is 1.07. The van der Waals surface area contributed by atoms with Crippen molar-refractivity contribution in [3.8, 4) is 11.4 Å². The Morgan fingerprint density at radius 3 is 2.67 bits per heavy atom. The van der Waals surface area contributed by atoms with Crippen LogP contribution in [0, 0.1) is 0 Å². The van der Waals surface area contributed by atoms with E-state index >= 15 is 0 Å². The number of fused-ring (bicyclic) bond motifs is 1. The lowest BCUT2D eigenvalue weighted by Gasteiger charge is -2.38. The lowest BCUT2D eigenvalue weighted by molar-refractivity contribution is -0.133. The van der Waals surface area contributed by atoms with Crippen molar-refractivity contribution in [2.45, 2.75) is 25.4 Å². The minimum Gasteiger partial charge on any atom is -0.340 e. The Morgan fingerprint density at radius 1 is 1.04 bits per heavy atom. The number of amides is 1. The van der Waals surface area contributed by atoms with Crippen molar-refractivity contribution in [1.82, 2.24) is 29.5 Å². The third-order valence-electron chi connectivity index (χ3n) is 5.80. The molecule has 1 unspecified atom stereocenters. The predicted molar refractivity (Wildman–Crippen MR) is 104 cm³/mol. The van der Waals surface area contributed by atoms with Crippen molar-refractivity contribution in [2.24, 2.45) is 0 Å². The topological polar surface area (TPSA) is 57.5 Å². The molecule has 1 fully saturated rings. The lowest BCUT2D eigenvalue weighted by atomic mass is 10.1. The molecule has 0 N–H and O–H groups in total. The summed E-state index contributed by atoms with van der Waals surface area (Å²) < 4.78 is 2.17. The number of aromatic nitrogens is 3. The number of benzene rings is 1. The first kappa shape index (κ1) is 18.1. The summed E-state index contributed by atoms with van der Waals surface area (Å²) in [5.74, 6) is 2.12. The van der Waals surface area contributed by atoms with Crippen molar-refractivity contribution in [1.29, 1.82) is 0 Å². The summed E-state index contributed by atoms with van der Waals surface area (Å²) in [5, 5.41) is 8.77. The van der Waals surface area contributed by atoms with Crippen LogP contribution in [0.3, 0.4) is 0 Å². The van der Waals surface area contributed by atoms with Crippen LogP contribution in [-0.2, 0) is 17.8 Å². The molecule has 1 atom stereocenters. The molecule has 7 heteroatoms. The quantitative estimate of drug-likeness (QED) is 0.808. The molecule has 144 valence electrons. The van der Waals surface area contributed by atoms with Crippen molar-refractivity contribution in [2.75, 3.05) is 46.8 Å². The van der Waals surface area contributed by atoms with E-state index in [-0.39, 0.29) is 5.91 Å². The number of carbonyl (C=O) groups excluding carboxylic acids is 1. The molecule has 4 rings (SSSR count). The molecule has 0 saturated carbocycles. The molecule has 7 nitrogen and oxygen atoms in total. The smallest absolute Gasteiger partial charge is 0.224 e. The molecule has 3 heterocycles. The van der Waals surface area contributed by atoms with Crippen molar-refractivity contribution in [3.63, 3.8) is 0 Å². The highest BCUT2D eigenvalue weighted by atomic mass is 16.2. The van der Waals surface area contributed by atoms with Crippen LogP contribution in [0.15, 0.2) is 30.3 Å². The normalized spacial score (nSPS) is 21.7. The first-order chi connectivity index (χ1) is 13.1. The van der Waals surface area contributed by atoms with E-state index in [4.69, 9.17) is 0 Å². The summed E-state index contributed by atoms with van der Waals surface area (Å²) in [7, 11) is 4.26. The van der Waals surface area contributed by atoms with Crippen LogP contribution in [0.4, 0.5) is 0 Å². The average Bonchev–Trinajstić information content (AvgIpc) is 2.96. The second-order valence-corrected chi connectivity index (χ2v) is 7.69. The van der Waals surface area contributed by atoms with Gasteiger partial charge >= 0.3 is 0 Å². The minimum atomic E-state index is 0.252. The van der Waals surface area contributed by atoms with Gasteiger partial charge < -0.3 is 19.3 Å². The molecular formula is C20H28N6O. The van der Waals surface area contributed by atoms with Crippen molar-refractivity contribution in [3.05, 3.63) is 36.2 Å². The highest BCUT2D eigenvalue weighted by molar-refractivity contribution is 5.77. The summed E-state index contributed by atoms with van der Waals surface area (Å²) in [6.45, 7) is 5.24. The largest absolute Gasteiger partial charge is 0.340 e. The maximum atomic E-state index is 12.9. The van der Waals surface area contributed by atoms with E-state index < -0.39 is 0 Å². The van der Waals surface area contributed by atoms with Crippen LogP contribution in [0.1, 0.15) is 12.2 Å². The van der Waals surface area contributed by atoms with Crippen LogP contribution < -0.4 is 0 Å². The van der Waals surface area contributed by atoms with Gasteiger partial charge in [-0.25, -0.2) is 0 Å². The standard InChI is InChI=1S/C20H28N6O/c1-23-10-11-24(2)17(15-23)14-19(27)25-9-8-18-21-22-20(26(18)13-12-25)16-6-4-3-5-7-16/h3-7,17H,8-15H2,1-2H3. The van der Waals surface area contributed by atoms with Gasteiger partial charge in [-0.05, 0) is 14.1 Å². The fraction of sp³-hybridized carbons (Fsp3) is 0.550. The monoisotopic (exact) mass is 368 g/mol. The second kappa shape index (κ2) is 7.78. The van der Waals surface area contributed by atoms with Gasteiger partial charge in [0.05, 0.1) is 0 Å². The Labute approximate surface area is 160 Å². The summed E-state index contributed by atoms with van der Waals surface area (Å²) >= 11 is 0. The molecule has 0 spiro atoms. The van der Waals surface area contributed by atoms with Gasteiger partial charge in [-0.15, -0.1) is 10.2 Å². The van der Waals surface area contributed by atoms with Crippen molar-refractivity contribution >= 4 is 5.91 Å². The van der Waals surface area contributed by atoms with Gasteiger partial charge in [0, 0.05) is 63.7 Å². The lowest BCUT2D eigenvalue weighted by Crippen LogP contribution is -2.52. The van der Waals surface area contributed by atoms with E-state index in [0.29, 0.717) is 12.5 Å². The van der Waals surface area contributed by atoms with E-state index in [2.05, 4.69) is 50.8 Å². The maximum absolute atomic E-state index is 12.9. The van der Waals surface area contributed by atoms with E-state index in [1.807, 2.05) is 23.1 Å². The Balaban J connectivity index is 1.43. The summed E-state index contributed by atoms with van der Waals surface area (Å²) in [6.07, 6.45) is 1.35. The number of likely N-dealkylation sites (N-methyl/N-ethyl adjacent to an activating group) is 2. The molecule has 1 saturated heterocycles. The van der Waals surface area contributed by atoms with Gasteiger partial charge in [-0.3, -0.25) is 4.79 Å². The van der Waals surface area contributed by atoms with Gasteiger partial charge in [0.2, 0.25) is 5.91 Å². The first-order valence-electron chi connectivity index (χ1n) is 9.76. The highest BCUT2D eigenvalue weighted by Gasteiger charge is 2.28. The van der Waals surface area contributed by atoms with Crippen LogP contribution in [0.2, 0.25) is 0 Å². The predicted octanol–water partition coefficient (Wildman–Crippen LogP) is 0.966. The maximum Gasteiger partial charge on any atom is 0.224 e. The number of piperazine rings is 1. The number of rotatable bonds is 3. The van der Waals surface area contributed by atoms with E-state index in [0.717, 1.165) is 62.9 Å². The van der Waals surface area contributed by atoms with Crippen LogP contribution >= 0.6 is 0 Å².